The Kier molecular flexibility index (Phi) is 3.43. The van der Waals surface area contributed by atoms with E-state index in [0.717, 1.165) is 24.0 Å². The van der Waals surface area contributed by atoms with Gasteiger partial charge < -0.3 is 0 Å². The molecule has 20 heavy (non-hydrogen) atoms. The van der Waals surface area contributed by atoms with Gasteiger partial charge in [0.1, 0.15) is 5.82 Å². The van der Waals surface area contributed by atoms with Crippen LogP contribution in [-0.4, -0.2) is 0 Å². The van der Waals surface area contributed by atoms with E-state index in [1.807, 2.05) is 13.0 Å². The van der Waals surface area contributed by atoms with E-state index in [0.29, 0.717) is 5.92 Å². The average Bonchev–Trinajstić information content (AvgIpc) is 2.92. The number of halogens is 1. The molecule has 0 N–H and O–H groups in total. The third kappa shape index (κ3) is 2.29. The van der Waals surface area contributed by atoms with Gasteiger partial charge in [-0.15, -0.1) is 0 Å². The SMILES string of the molecule is Cc1ccccc1C1=CC(c2cccc(F)c2C)CC1. The van der Waals surface area contributed by atoms with Crippen LogP contribution in [0.1, 0.15) is 41.0 Å². The van der Waals surface area contributed by atoms with E-state index in [1.165, 1.54) is 16.7 Å². The zero-order valence-electron chi connectivity index (χ0n) is 12.0. The van der Waals surface area contributed by atoms with E-state index >= 15 is 0 Å². The molecule has 0 amide bonds. The smallest absolute Gasteiger partial charge is 0.126 e. The van der Waals surface area contributed by atoms with E-state index in [9.17, 15) is 4.39 Å². The summed E-state index contributed by atoms with van der Waals surface area (Å²) in [5.41, 5.74) is 5.98. The third-order valence-electron chi connectivity index (χ3n) is 4.33. The highest BCUT2D eigenvalue weighted by Crippen LogP contribution is 2.39. The second-order valence-corrected chi connectivity index (χ2v) is 5.61. The van der Waals surface area contributed by atoms with Crippen LogP contribution in [0.2, 0.25) is 0 Å². The Morgan fingerprint density at radius 1 is 1.00 bits per heavy atom. The minimum atomic E-state index is -0.0970. The van der Waals surface area contributed by atoms with Gasteiger partial charge in [0.05, 0.1) is 0 Å². The van der Waals surface area contributed by atoms with Crippen LogP contribution < -0.4 is 0 Å². The van der Waals surface area contributed by atoms with Crippen LogP contribution in [0.25, 0.3) is 5.57 Å². The summed E-state index contributed by atoms with van der Waals surface area (Å²) in [6.45, 7) is 4.03. The molecule has 0 heterocycles. The summed E-state index contributed by atoms with van der Waals surface area (Å²) in [4.78, 5) is 0. The molecule has 0 aromatic heterocycles. The highest BCUT2D eigenvalue weighted by molar-refractivity contribution is 5.71. The Morgan fingerprint density at radius 3 is 2.60 bits per heavy atom. The lowest BCUT2D eigenvalue weighted by molar-refractivity contribution is 0.612. The lowest BCUT2D eigenvalue weighted by Crippen LogP contribution is -1.96. The number of aryl methyl sites for hydroxylation is 1. The number of hydrogen-bond donors (Lipinski definition) is 0. The second-order valence-electron chi connectivity index (χ2n) is 5.61. The minimum absolute atomic E-state index is 0.0970. The second kappa shape index (κ2) is 5.24. The van der Waals surface area contributed by atoms with Crippen LogP contribution in [0.3, 0.4) is 0 Å². The van der Waals surface area contributed by atoms with E-state index in [1.54, 1.807) is 6.07 Å². The maximum atomic E-state index is 13.7. The molecule has 2 aromatic rings. The zero-order chi connectivity index (χ0) is 14.1. The van der Waals surface area contributed by atoms with Gasteiger partial charge in [0.15, 0.2) is 0 Å². The molecule has 0 fully saturated rings. The molecule has 1 unspecified atom stereocenters. The highest BCUT2D eigenvalue weighted by Gasteiger charge is 2.21. The Bertz CT molecular complexity index is 667. The van der Waals surface area contributed by atoms with Gasteiger partial charge in [-0.3, -0.25) is 0 Å². The van der Waals surface area contributed by atoms with Gasteiger partial charge in [0, 0.05) is 5.92 Å². The molecule has 1 heteroatoms. The molecule has 2 aromatic carbocycles. The fourth-order valence-electron chi connectivity index (χ4n) is 3.15. The predicted octanol–water partition coefficient (Wildman–Crippen LogP) is 5.40. The lowest BCUT2D eigenvalue weighted by Gasteiger charge is -2.11. The summed E-state index contributed by atoms with van der Waals surface area (Å²) in [6, 6.07) is 13.9. The van der Waals surface area contributed by atoms with Gasteiger partial charge >= 0.3 is 0 Å². The minimum Gasteiger partial charge on any atom is -0.207 e. The first-order chi connectivity index (χ1) is 9.66. The molecule has 0 radical (unpaired) electrons. The van der Waals surface area contributed by atoms with Crippen LogP contribution >= 0.6 is 0 Å². The first-order valence-electron chi connectivity index (χ1n) is 7.18. The fraction of sp³-hybridized carbons (Fsp3) is 0.263. The van der Waals surface area contributed by atoms with Crippen molar-refractivity contribution < 1.29 is 4.39 Å². The van der Waals surface area contributed by atoms with Crippen molar-refractivity contribution in [1.29, 1.82) is 0 Å². The first kappa shape index (κ1) is 13.1. The summed E-state index contributed by atoms with van der Waals surface area (Å²) in [6.07, 6.45) is 4.48. The van der Waals surface area contributed by atoms with E-state index in [2.05, 4.69) is 43.3 Å². The highest BCUT2D eigenvalue weighted by atomic mass is 19.1. The lowest BCUT2D eigenvalue weighted by atomic mass is 9.94. The molecule has 0 nitrogen and oxygen atoms in total. The van der Waals surface area contributed by atoms with Crippen LogP contribution in [0.4, 0.5) is 4.39 Å². The molecule has 0 bridgehead atoms. The fourth-order valence-corrected chi connectivity index (χ4v) is 3.15. The Labute approximate surface area is 120 Å². The van der Waals surface area contributed by atoms with Crippen molar-refractivity contribution in [3.8, 4) is 0 Å². The number of benzene rings is 2. The van der Waals surface area contributed by atoms with Gasteiger partial charge in [0.2, 0.25) is 0 Å². The van der Waals surface area contributed by atoms with Gasteiger partial charge in [0.25, 0.3) is 0 Å². The van der Waals surface area contributed by atoms with E-state index in [4.69, 9.17) is 0 Å². The standard InChI is InChI=1S/C19H19F/c1-13-6-3-4-7-17(13)15-10-11-16(12-15)18-8-5-9-19(20)14(18)2/h3-9,12,16H,10-11H2,1-2H3. The van der Waals surface area contributed by atoms with Crippen molar-refractivity contribution in [1.82, 2.24) is 0 Å². The van der Waals surface area contributed by atoms with E-state index in [-0.39, 0.29) is 5.82 Å². The van der Waals surface area contributed by atoms with Gasteiger partial charge in [-0.2, -0.15) is 0 Å². The zero-order valence-corrected chi connectivity index (χ0v) is 12.0. The van der Waals surface area contributed by atoms with Crippen LogP contribution in [0, 0.1) is 19.7 Å². The molecule has 1 aliphatic carbocycles. The van der Waals surface area contributed by atoms with Crippen molar-refractivity contribution >= 4 is 5.57 Å². The summed E-state index contributed by atoms with van der Waals surface area (Å²) < 4.78 is 13.7. The van der Waals surface area contributed by atoms with Crippen molar-refractivity contribution in [2.24, 2.45) is 0 Å². The molecule has 0 saturated carbocycles. The van der Waals surface area contributed by atoms with Gasteiger partial charge in [-0.05, 0) is 60.6 Å². The maximum Gasteiger partial charge on any atom is 0.126 e. The average molecular weight is 266 g/mol. The Hall–Kier alpha value is -1.89. The molecular formula is C19H19F. The van der Waals surface area contributed by atoms with Gasteiger partial charge in [-0.25, -0.2) is 4.39 Å². The monoisotopic (exact) mass is 266 g/mol. The predicted molar refractivity (Wildman–Crippen MR) is 82.3 cm³/mol. The van der Waals surface area contributed by atoms with Crippen molar-refractivity contribution in [3.63, 3.8) is 0 Å². The molecule has 1 atom stereocenters. The van der Waals surface area contributed by atoms with Crippen LogP contribution in [0.5, 0.6) is 0 Å². The largest absolute Gasteiger partial charge is 0.207 e. The normalized spacial score (nSPS) is 18.1. The Morgan fingerprint density at radius 2 is 1.80 bits per heavy atom. The van der Waals surface area contributed by atoms with E-state index < -0.39 is 0 Å². The number of rotatable bonds is 2. The molecule has 1 aliphatic rings. The summed E-state index contributed by atoms with van der Waals surface area (Å²) in [7, 11) is 0. The van der Waals surface area contributed by atoms with Crippen molar-refractivity contribution in [3.05, 3.63) is 76.6 Å². The third-order valence-corrected chi connectivity index (χ3v) is 4.33. The topological polar surface area (TPSA) is 0 Å². The Balaban J connectivity index is 1.96. The molecule has 0 saturated heterocycles. The first-order valence-corrected chi connectivity index (χ1v) is 7.18. The quantitative estimate of drug-likeness (QED) is 0.682. The molecule has 0 aliphatic heterocycles. The summed E-state index contributed by atoms with van der Waals surface area (Å²) >= 11 is 0. The van der Waals surface area contributed by atoms with Crippen molar-refractivity contribution in [2.75, 3.05) is 0 Å². The van der Waals surface area contributed by atoms with Crippen molar-refractivity contribution in [2.45, 2.75) is 32.6 Å². The molecule has 3 rings (SSSR count). The summed E-state index contributed by atoms with van der Waals surface area (Å²) in [5.74, 6) is 0.251. The number of allylic oxidation sites excluding steroid dienone is 2. The summed E-state index contributed by atoms with van der Waals surface area (Å²) in [5, 5.41) is 0. The van der Waals surface area contributed by atoms with Crippen LogP contribution in [0.15, 0.2) is 48.5 Å². The maximum absolute atomic E-state index is 13.7. The molecular weight excluding hydrogens is 247 g/mol. The number of hydrogen-bond acceptors (Lipinski definition) is 0. The van der Waals surface area contributed by atoms with Crippen LogP contribution in [-0.2, 0) is 0 Å². The molecule has 0 spiro atoms. The van der Waals surface area contributed by atoms with Gasteiger partial charge in [-0.1, -0.05) is 42.5 Å². The molecule has 102 valence electrons.